The molecule has 0 fully saturated rings. The van der Waals surface area contributed by atoms with Crippen molar-refractivity contribution >= 4 is 11.7 Å². The first-order valence-electron chi connectivity index (χ1n) is 5.58. The van der Waals surface area contributed by atoms with Gasteiger partial charge in [-0.3, -0.25) is 0 Å². The van der Waals surface area contributed by atoms with Crippen LogP contribution in [0.5, 0.6) is 0 Å². The predicted molar refractivity (Wildman–Crippen MR) is 67.1 cm³/mol. The second-order valence-corrected chi connectivity index (χ2v) is 3.94. The van der Waals surface area contributed by atoms with Gasteiger partial charge in [0, 0.05) is 17.8 Å². The van der Waals surface area contributed by atoms with Gasteiger partial charge in [-0.2, -0.15) is 0 Å². The molecule has 0 aliphatic rings. The number of carboxylic acids is 1. The number of carbonyl (C=O) groups is 1. The van der Waals surface area contributed by atoms with E-state index in [0.717, 1.165) is 6.07 Å². The van der Waals surface area contributed by atoms with Crippen molar-refractivity contribution in [3.05, 3.63) is 65.2 Å². The molecule has 0 spiro atoms. The van der Waals surface area contributed by atoms with Gasteiger partial charge in [0.15, 0.2) is 0 Å². The van der Waals surface area contributed by atoms with E-state index in [9.17, 15) is 13.6 Å². The van der Waals surface area contributed by atoms with Crippen LogP contribution in [0.4, 0.5) is 14.5 Å². The van der Waals surface area contributed by atoms with Crippen LogP contribution in [0.1, 0.15) is 15.9 Å². The number of halogens is 2. The lowest BCUT2D eigenvalue weighted by Crippen LogP contribution is -2.04. The molecule has 2 aromatic carbocycles. The molecule has 0 saturated carbocycles. The molecule has 0 aromatic heterocycles. The van der Waals surface area contributed by atoms with Gasteiger partial charge in [-0.25, -0.2) is 13.6 Å². The van der Waals surface area contributed by atoms with E-state index in [1.807, 2.05) is 0 Å². The Morgan fingerprint density at radius 3 is 2.47 bits per heavy atom. The molecule has 0 aliphatic carbocycles. The van der Waals surface area contributed by atoms with Gasteiger partial charge in [0.2, 0.25) is 0 Å². The number of nitrogens with one attached hydrogen (secondary N) is 1. The molecule has 98 valence electrons. The molecule has 2 N–H and O–H groups in total. The van der Waals surface area contributed by atoms with Gasteiger partial charge in [0.1, 0.15) is 11.6 Å². The molecule has 0 radical (unpaired) electrons. The standard InChI is InChI=1S/C14H11F2NO2/c15-12-4-2-1-3-9(12)8-17-10-5-6-11(14(18)19)13(16)7-10/h1-7,17H,8H2,(H,18,19). The Bertz CT molecular complexity index is 614. The van der Waals surface area contributed by atoms with E-state index < -0.39 is 17.3 Å². The summed E-state index contributed by atoms with van der Waals surface area (Å²) in [5.74, 6) is -2.50. The maximum Gasteiger partial charge on any atom is 0.338 e. The molecule has 2 aromatic rings. The molecule has 0 unspecified atom stereocenters. The number of anilines is 1. The highest BCUT2D eigenvalue weighted by molar-refractivity contribution is 5.88. The van der Waals surface area contributed by atoms with Crippen LogP contribution in [0, 0.1) is 11.6 Å². The molecule has 0 bridgehead atoms. The lowest BCUT2D eigenvalue weighted by Gasteiger charge is -2.08. The third-order valence-corrected chi connectivity index (χ3v) is 2.64. The Hall–Kier alpha value is -2.43. The molecule has 0 heterocycles. The van der Waals surface area contributed by atoms with Crippen LogP contribution in [-0.2, 0) is 6.54 Å². The predicted octanol–water partition coefficient (Wildman–Crippen LogP) is 3.28. The minimum atomic E-state index is -1.32. The van der Waals surface area contributed by atoms with Gasteiger partial charge < -0.3 is 10.4 Å². The van der Waals surface area contributed by atoms with E-state index >= 15 is 0 Å². The summed E-state index contributed by atoms with van der Waals surface area (Å²) < 4.78 is 26.8. The number of carboxylic acid groups (broad SMARTS) is 1. The summed E-state index contributed by atoms with van der Waals surface area (Å²) in [6.07, 6.45) is 0. The Morgan fingerprint density at radius 2 is 1.84 bits per heavy atom. The summed E-state index contributed by atoms with van der Waals surface area (Å²) in [4.78, 5) is 10.6. The average Bonchev–Trinajstić information content (AvgIpc) is 2.37. The van der Waals surface area contributed by atoms with Crippen molar-refractivity contribution < 1.29 is 18.7 Å². The van der Waals surface area contributed by atoms with E-state index in [4.69, 9.17) is 5.11 Å². The van der Waals surface area contributed by atoms with E-state index in [1.165, 1.54) is 18.2 Å². The quantitative estimate of drug-likeness (QED) is 0.890. The van der Waals surface area contributed by atoms with E-state index in [0.29, 0.717) is 11.3 Å². The highest BCUT2D eigenvalue weighted by atomic mass is 19.1. The SMILES string of the molecule is O=C(O)c1ccc(NCc2ccccc2F)cc1F. The zero-order valence-corrected chi connectivity index (χ0v) is 9.86. The van der Waals surface area contributed by atoms with Crippen LogP contribution >= 0.6 is 0 Å². The van der Waals surface area contributed by atoms with E-state index in [1.54, 1.807) is 18.2 Å². The van der Waals surface area contributed by atoms with Crippen molar-refractivity contribution in [2.45, 2.75) is 6.54 Å². The minimum absolute atomic E-state index is 0.193. The first-order valence-corrected chi connectivity index (χ1v) is 5.58. The fraction of sp³-hybridized carbons (Fsp3) is 0.0714. The van der Waals surface area contributed by atoms with Crippen molar-refractivity contribution in [2.24, 2.45) is 0 Å². The highest BCUT2D eigenvalue weighted by Crippen LogP contribution is 2.16. The lowest BCUT2D eigenvalue weighted by atomic mass is 10.1. The molecule has 19 heavy (non-hydrogen) atoms. The minimum Gasteiger partial charge on any atom is -0.478 e. The molecule has 0 atom stereocenters. The maximum absolute atomic E-state index is 13.4. The number of hydrogen-bond acceptors (Lipinski definition) is 2. The number of hydrogen-bond donors (Lipinski definition) is 2. The summed E-state index contributed by atoms with van der Waals surface area (Å²) in [6, 6.07) is 9.92. The largest absolute Gasteiger partial charge is 0.478 e. The van der Waals surface area contributed by atoms with Gasteiger partial charge in [-0.1, -0.05) is 18.2 Å². The molecule has 0 saturated heterocycles. The molecule has 0 amide bonds. The summed E-state index contributed by atoms with van der Waals surface area (Å²) in [7, 11) is 0. The van der Waals surface area contributed by atoms with Gasteiger partial charge >= 0.3 is 5.97 Å². The van der Waals surface area contributed by atoms with Crippen LogP contribution in [0.2, 0.25) is 0 Å². The van der Waals surface area contributed by atoms with Crippen LogP contribution in [0.3, 0.4) is 0 Å². The van der Waals surface area contributed by atoms with Gasteiger partial charge in [-0.05, 0) is 24.3 Å². The van der Waals surface area contributed by atoms with Crippen molar-refractivity contribution in [1.29, 1.82) is 0 Å². The number of aromatic carboxylic acids is 1. The monoisotopic (exact) mass is 263 g/mol. The van der Waals surface area contributed by atoms with Gasteiger partial charge in [-0.15, -0.1) is 0 Å². The molecule has 2 rings (SSSR count). The molecule has 0 aliphatic heterocycles. The zero-order valence-electron chi connectivity index (χ0n) is 9.86. The molecular formula is C14H11F2NO2. The number of rotatable bonds is 4. The molecule has 3 nitrogen and oxygen atoms in total. The highest BCUT2D eigenvalue weighted by Gasteiger charge is 2.10. The lowest BCUT2D eigenvalue weighted by molar-refractivity contribution is 0.0692. The second-order valence-electron chi connectivity index (χ2n) is 3.94. The zero-order chi connectivity index (χ0) is 13.8. The van der Waals surface area contributed by atoms with Crippen molar-refractivity contribution in [1.82, 2.24) is 0 Å². The van der Waals surface area contributed by atoms with Crippen molar-refractivity contribution in [2.75, 3.05) is 5.32 Å². The van der Waals surface area contributed by atoms with E-state index in [-0.39, 0.29) is 12.4 Å². The average molecular weight is 263 g/mol. The second kappa shape index (κ2) is 5.48. The molecular weight excluding hydrogens is 252 g/mol. The Labute approximate surface area is 108 Å². The first kappa shape index (κ1) is 13.0. The van der Waals surface area contributed by atoms with Gasteiger partial charge in [0.25, 0.3) is 0 Å². The topological polar surface area (TPSA) is 49.3 Å². The summed E-state index contributed by atoms with van der Waals surface area (Å²) in [5.41, 5.74) is 0.451. The van der Waals surface area contributed by atoms with Crippen LogP contribution in [-0.4, -0.2) is 11.1 Å². The fourth-order valence-corrected chi connectivity index (χ4v) is 1.64. The van der Waals surface area contributed by atoms with Gasteiger partial charge in [0.05, 0.1) is 5.56 Å². The van der Waals surface area contributed by atoms with Crippen molar-refractivity contribution in [3.63, 3.8) is 0 Å². The Kier molecular flexibility index (Phi) is 3.75. The van der Waals surface area contributed by atoms with Crippen LogP contribution in [0.15, 0.2) is 42.5 Å². The number of benzene rings is 2. The van der Waals surface area contributed by atoms with E-state index in [2.05, 4.69) is 5.32 Å². The third kappa shape index (κ3) is 3.07. The Balaban J connectivity index is 2.11. The summed E-state index contributed by atoms with van der Waals surface area (Å²) in [6.45, 7) is 0.193. The molecule has 5 heteroatoms. The summed E-state index contributed by atoms with van der Waals surface area (Å²) >= 11 is 0. The van der Waals surface area contributed by atoms with Crippen molar-refractivity contribution in [3.8, 4) is 0 Å². The first-order chi connectivity index (χ1) is 9.08. The summed E-state index contributed by atoms with van der Waals surface area (Å²) in [5, 5.41) is 11.5. The van der Waals surface area contributed by atoms with Crippen LogP contribution in [0.25, 0.3) is 0 Å². The Morgan fingerprint density at radius 1 is 1.11 bits per heavy atom. The smallest absolute Gasteiger partial charge is 0.338 e. The fourth-order valence-electron chi connectivity index (χ4n) is 1.64. The third-order valence-electron chi connectivity index (χ3n) is 2.64. The van der Waals surface area contributed by atoms with Crippen LogP contribution < -0.4 is 5.32 Å². The normalized spacial score (nSPS) is 10.2. The maximum atomic E-state index is 13.4.